The fourth-order valence-corrected chi connectivity index (χ4v) is 3.98. The lowest BCUT2D eigenvalue weighted by atomic mass is 10.0. The van der Waals surface area contributed by atoms with Crippen molar-refractivity contribution in [2.24, 2.45) is 5.73 Å². The Morgan fingerprint density at radius 3 is 2.44 bits per heavy atom. The van der Waals surface area contributed by atoms with E-state index >= 15 is 0 Å². The van der Waals surface area contributed by atoms with Crippen molar-refractivity contribution in [2.75, 3.05) is 32.6 Å². The summed E-state index contributed by atoms with van der Waals surface area (Å²) in [4.78, 5) is 13.9. The Bertz CT molecular complexity index is 1310. The van der Waals surface area contributed by atoms with E-state index in [9.17, 15) is 5.11 Å². The third-order valence-corrected chi connectivity index (χ3v) is 5.93. The molecule has 2 heterocycles. The molecular formula is C27H32N6O3. The molecule has 0 spiro atoms. The van der Waals surface area contributed by atoms with Gasteiger partial charge in [0.15, 0.2) is 0 Å². The number of fused-ring (bicyclic) bond motifs is 1. The van der Waals surface area contributed by atoms with E-state index in [0.717, 1.165) is 46.4 Å². The molecule has 0 aliphatic heterocycles. The van der Waals surface area contributed by atoms with E-state index < -0.39 is 6.23 Å². The molecule has 0 bridgehead atoms. The Morgan fingerprint density at radius 1 is 0.944 bits per heavy atom. The third kappa shape index (κ3) is 5.88. The van der Waals surface area contributed by atoms with Gasteiger partial charge in [-0.25, -0.2) is 4.98 Å². The second-order valence-corrected chi connectivity index (χ2v) is 8.41. The number of unbranched alkanes of at least 4 members (excludes halogenated alkanes) is 1. The largest absolute Gasteiger partial charge is 0.497 e. The van der Waals surface area contributed by atoms with E-state index in [1.165, 1.54) is 0 Å². The third-order valence-electron chi connectivity index (χ3n) is 5.93. The minimum absolute atomic E-state index is 0.574. The molecule has 0 saturated carbocycles. The first-order chi connectivity index (χ1) is 17.5. The van der Waals surface area contributed by atoms with Crippen molar-refractivity contribution in [1.82, 2.24) is 20.3 Å². The number of nitrogens with one attached hydrogen (secondary N) is 2. The highest BCUT2D eigenvalue weighted by atomic mass is 16.5. The minimum atomic E-state index is -0.869. The summed E-state index contributed by atoms with van der Waals surface area (Å²) in [5.74, 6) is 1.39. The Morgan fingerprint density at radius 2 is 1.72 bits per heavy atom. The zero-order chi connectivity index (χ0) is 25.5. The molecule has 4 aromatic rings. The van der Waals surface area contributed by atoms with Crippen LogP contribution in [0.5, 0.6) is 11.5 Å². The van der Waals surface area contributed by atoms with Gasteiger partial charge < -0.3 is 25.6 Å². The molecule has 1 unspecified atom stereocenters. The van der Waals surface area contributed by atoms with Crippen LogP contribution in [0.15, 0.2) is 54.9 Å². The summed E-state index contributed by atoms with van der Waals surface area (Å²) in [5, 5.41) is 17.1. The molecule has 0 amide bonds. The molecular weight excluding hydrogens is 456 g/mol. The van der Waals surface area contributed by atoms with Gasteiger partial charge in [0.2, 0.25) is 0 Å². The van der Waals surface area contributed by atoms with Crippen molar-refractivity contribution < 1.29 is 14.6 Å². The van der Waals surface area contributed by atoms with Gasteiger partial charge in [0.1, 0.15) is 17.7 Å². The van der Waals surface area contributed by atoms with Crippen LogP contribution in [0.3, 0.4) is 0 Å². The smallest absolute Gasteiger partial charge is 0.148 e. The van der Waals surface area contributed by atoms with Crippen molar-refractivity contribution in [3.8, 4) is 22.8 Å². The van der Waals surface area contributed by atoms with Crippen LogP contribution in [0.25, 0.3) is 22.3 Å². The minimum Gasteiger partial charge on any atom is -0.497 e. The number of aliphatic hydroxyl groups excluding tert-OH is 1. The molecule has 2 aromatic carbocycles. The van der Waals surface area contributed by atoms with Crippen molar-refractivity contribution in [3.05, 3.63) is 66.1 Å². The van der Waals surface area contributed by atoms with E-state index in [0.29, 0.717) is 36.0 Å². The predicted molar refractivity (Wildman–Crippen MR) is 142 cm³/mol. The van der Waals surface area contributed by atoms with Gasteiger partial charge in [-0.05, 0) is 62.7 Å². The number of methoxy groups -OCH3 is 2. The molecule has 5 N–H and O–H groups in total. The van der Waals surface area contributed by atoms with Gasteiger partial charge in [-0.15, -0.1) is 0 Å². The number of benzene rings is 2. The summed E-state index contributed by atoms with van der Waals surface area (Å²) in [7, 11) is 3.24. The molecule has 0 saturated heterocycles. The quantitative estimate of drug-likeness (QED) is 0.182. The summed E-state index contributed by atoms with van der Waals surface area (Å²) in [6.45, 7) is 3.23. The molecule has 0 fully saturated rings. The summed E-state index contributed by atoms with van der Waals surface area (Å²) in [5.41, 5.74) is 11.8. The van der Waals surface area contributed by atoms with Gasteiger partial charge >= 0.3 is 0 Å². The summed E-state index contributed by atoms with van der Waals surface area (Å²) in [6, 6.07) is 13.3. The van der Waals surface area contributed by atoms with E-state index in [1.54, 1.807) is 26.6 Å². The number of hydrogen-bond acceptors (Lipinski definition) is 9. The molecule has 4 rings (SSSR count). The molecule has 0 radical (unpaired) electrons. The number of ether oxygens (including phenoxy) is 2. The lowest BCUT2D eigenvalue weighted by Gasteiger charge is -2.16. The maximum absolute atomic E-state index is 10.6. The van der Waals surface area contributed by atoms with Crippen LogP contribution in [0.2, 0.25) is 0 Å². The molecule has 188 valence electrons. The number of hydrogen-bond donors (Lipinski definition) is 4. The van der Waals surface area contributed by atoms with E-state index in [4.69, 9.17) is 20.2 Å². The normalized spacial score (nSPS) is 11.9. The highest BCUT2D eigenvalue weighted by molar-refractivity contribution is 5.82. The summed E-state index contributed by atoms with van der Waals surface area (Å²) in [6.07, 6.45) is 4.35. The standard InChI is InChI=1S/C27H32N6O3/c1-17-22(8-11-29-26(17)27(34)30-10-5-4-9-28)25-16-31-23-7-6-18(14-24(23)33-25)32-19-12-20(35-2)15-21(13-19)36-3/h6-8,11-16,27,30,32,34H,4-5,9-10,28H2,1-3H3. The van der Waals surface area contributed by atoms with Crippen molar-refractivity contribution in [3.63, 3.8) is 0 Å². The summed E-state index contributed by atoms with van der Waals surface area (Å²) < 4.78 is 10.7. The number of pyridine rings is 1. The first-order valence-corrected chi connectivity index (χ1v) is 11.9. The highest BCUT2D eigenvalue weighted by Gasteiger charge is 2.16. The van der Waals surface area contributed by atoms with Gasteiger partial charge in [-0.2, -0.15) is 0 Å². The monoisotopic (exact) mass is 488 g/mol. The van der Waals surface area contributed by atoms with Gasteiger partial charge in [-0.1, -0.05) is 0 Å². The van der Waals surface area contributed by atoms with Gasteiger partial charge in [-0.3, -0.25) is 15.3 Å². The number of aliphatic hydroxyl groups is 1. The lowest BCUT2D eigenvalue weighted by Crippen LogP contribution is -2.24. The van der Waals surface area contributed by atoms with E-state index in [2.05, 4.69) is 20.6 Å². The number of anilines is 2. The average Bonchev–Trinajstić information content (AvgIpc) is 2.90. The zero-order valence-corrected chi connectivity index (χ0v) is 20.8. The van der Waals surface area contributed by atoms with E-state index in [-0.39, 0.29) is 0 Å². The van der Waals surface area contributed by atoms with Crippen LogP contribution >= 0.6 is 0 Å². The fraction of sp³-hybridized carbons (Fsp3) is 0.296. The molecule has 1 atom stereocenters. The Kier molecular flexibility index (Phi) is 8.27. The van der Waals surface area contributed by atoms with Crippen LogP contribution in [-0.2, 0) is 0 Å². The van der Waals surface area contributed by atoms with Gasteiger partial charge in [0, 0.05) is 41.3 Å². The van der Waals surface area contributed by atoms with Crippen LogP contribution in [-0.4, -0.2) is 47.4 Å². The molecule has 9 heteroatoms. The van der Waals surface area contributed by atoms with Gasteiger partial charge in [0.05, 0.1) is 42.8 Å². The van der Waals surface area contributed by atoms with Gasteiger partial charge in [0.25, 0.3) is 0 Å². The Balaban J connectivity index is 1.60. The zero-order valence-electron chi connectivity index (χ0n) is 20.8. The maximum atomic E-state index is 10.6. The second-order valence-electron chi connectivity index (χ2n) is 8.41. The Hall–Kier alpha value is -3.79. The predicted octanol–water partition coefficient (Wildman–Crippen LogP) is 4.08. The highest BCUT2D eigenvalue weighted by Crippen LogP contribution is 2.30. The molecule has 9 nitrogen and oxygen atoms in total. The van der Waals surface area contributed by atoms with E-state index in [1.807, 2.05) is 49.4 Å². The Labute approximate surface area is 210 Å². The maximum Gasteiger partial charge on any atom is 0.148 e. The van der Waals surface area contributed by atoms with Crippen LogP contribution < -0.4 is 25.8 Å². The van der Waals surface area contributed by atoms with Crippen molar-refractivity contribution >= 4 is 22.4 Å². The van der Waals surface area contributed by atoms with Crippen LogP contribution in [0, 0.1) is 6.92 Å². The molecule has 2 aromatic heterocycles. The lowest BCUT2D eigenvalue weighted by molar-refractivity contribution is 0.133. The van der Waals surface area contributed by atoms with Crippen LogP contribution in [0.1, 0.15) is 30.3 Å². The topological polar surface area (TPSA) is 127 Å². The first-order valence-electron chi connectivity index (χ1n) is 11.9. The first kappa shape index (κ1) is 25.3. The fourth-order valence-electron chi connectivity index (χ4n) is 3.98. The number of nitrogens with zero attached hydrogens (tertiary/aromatic N) is 3. The number of rotatable bonds is 11. The van der Waals surface area contributed by atoms with Crippen LogP contribution in [0.4, 0.5) is 11.4 Å². The molecule has 36 heavy (non-hydrogen) atoms. The van der Waals surface area contributed by atoms with Crippen molar-refractivity contribution in [2.45, 2.75) is 26.0 Å². The van der Waals surface area contributed by atoms with Crippen molar-refractivity contribution in [1.29, 1.82) is 0 Å². The summed E-state index contributed by atoms with van der Waals surface area (Å²) >= 11 is 0. The number of aromatic nitrogens is 3. The SMILES string of the molecule is COc1cc(Nc2ccc3ncc(-c4ccnc(C(O)NCCCCN)c4C)nc3c2)cc(OC)c1. The molecule has 0 aliphatic carbocycles. The average molecular weight is 489 g/mol. The number of nitrogens with two attached hydrogens (primary N) is 1. The molecule has 0 aliphatic rings. The second kappa shape index (κ2) is 11.8.